The van der Waals surface area contributed by atoms with E-state index in [0.717, 1.165) is 7.11 Å². The molecule has 6 atom stereocenters. The van der Waals surface area contributed by atoms with Crippen LogP contribution in [0.15, 0.2) is 42.5 Å². The molecule has 0 radical (unpaired) electrons. The minimum atomic E-state index is -2.42. The standard InChI is InChI=1S/C22H23NO7/c1-4-14-10-11-15(24)20(14)12(2)16(25)21(30-20)18(27)22(29-3,23-19(21)28)17(26)13-8-6-5-7-9-13/h5-12,14,18,27H,4H2,1-3H3,(H,23,28)/t12-,14+,18+,20-,21-,22+/m1/s1. The van der Waals surface area contributed by atoms with E-state index in [1.54, 1.807) is 24.3 Å². The van der Waals surface area contributed by atoms with E-state index in [2.05, 4.69) is 5.32 Å². The Labute approximate surface area is 173 Å². The molecule has 2 N–H and O–H groups in total. The molecule has 2 heterocycles. The maximum Gasteiger partial charge on any atom is 0.265 e. The number of hydrogen-bond donors (Lipinski definition) is 2. The van der Waals surface area contributed by atoms with Gasteiger partial charge in [0.1, 0.15) is 5.60 Å². The molecule has 1 aromatic carbocycles. The third-order valence-corrected chi connectivity index (χ3v) is 6.69. The van der Waals surface area contributed by atoms with Crippen LogP contribution >= 0.6 is 0 Å². The van der Waals surface area contributed by atoms with Gasteiger partial charge in [-0.15, -0.1) is 0 Å². The highest BCUT2D eigenvalue weighted by molar-refractivity contribution is 6.21. The van der Waals surface area contributed by atoms with Gasteiger partial charge in [-0.3, -0.25) is 19.2 Å². The fourth-order valence-electron chi connectivity index (χ4n) is 5.01. The van der Waals surface area contributed by atoms with Gasteiger partial charge in [-0.05, 0) is 12.5 Å². The van der Waals surface area contributed by atoms with Crippen molar-refractivity contribution in [3.05, 3.63) is 48.0 Å². The summed E-state index contributed by atoms with van der Waals surface area (Å²) in [5.41, 5.74) is -6.07. The molecular weight excluding hydrogens is 390 g/mol. The van der Waals surface area contributed by atoms with Crippen molar-refractivity contribution in [2.45, 2.75) is 43.3 Å². The van der Waals surface area contributed by atoms with Crippen molar-refractivity contribution >= 4 is 23.3 Å². The lowest BCUT2D eigenvalue weighted by Crippen LogP contribution is -2.61. The molecule has 1 amide bonds. The van der Waals surface area contributed by atoms with Crippen molar-refractivity contribution in [3.63, 3.8) is 0 Å². The van der Waals surface area contributed by atoms with Crippen LogP contribution < -0.4 is 5.32 Å². The summed E-state index contributed by atoms with van der Waals surface area (Å²) < 4.78 is 11.3. The van der Waals surface area contributed by atoms with E-state index in [1.807, 2.05) is 6.92 Å². The third-order valence-electron chi connectivity index (χ3n) is 6.69. The number of amides is 1. The van der Waals surface area contributed by atoms with Crippen LogP contribution in [0.25, 0.3) is 0 Å². The molecule has 8 nitrogen and oxygen atoms in total. The van der Waals surface area contributed by atoms with Crippen LogP contribution in [0.3, 0.4) is 0 Å². The summed E-state index contributed by atoms with van der Waals surface area (Å²) >= 11 is 0. The second-order valence-corrected chi connectivity index (χ2v) is 7.95. The zero-order valence-electron chi connectivity index (χ0n) is 16.9. The Hall–Kier alpha value is -2.68. The van der Waals surface area contributed by atoms with E-state index in [0.29, 0.717) is 6.42 Å². The molecule has 30 heavy (non-hydrogen) atoms. The molecule has 2 saturated heterocycles. The van der Waals surface area contributed by atoms with E-state index >= 15 is 0 Å². The average Bonchev–Trinajstić information content (AvgIpc) is 3.29. The average molecular weight is 413 g/mol. The van der Waals surface area contributed by atoms with Gasteiger partial charge in [-0.1, -0.05) is 50.3 Å². The van der Waals surface area contributed by atoms with Gasteiger partial charge < -0.3 is 19.9 Å². The van der Waals surface area contributed by atoms with E-state index < -0.39 is 58.1 Å². The second-order valence-electron chi connectivity index (χ2n) is 7.95. The molecule has 4 rings (SSSR count). The highest BCUT2D eigenvalue weighted by Gasteiger charge is 2.79. The van der Waals surface area contributed by atoms with Crippen molar-refractivity contribution in [2.75, 3.05) is 7.11 Å². The Morgan fingerprint density at radius 1 is 1.23 bits per heavy atom. The lowest BCUT2D eigenvalue weighted by Gasteiger charge is -2.35. The number of aliphatic hydroxyl groups is 1. The fraction of sp³-hybridized carbons (Fsp3) is 0.455. The number of Topliss-reactive ketones (excluding diaryl/α,β-unsaturated/α-hetero) is 2. The summed E-state index contributed by atoms with van der Waals surface area (Å²) in [6.45, 7) is 3.35. The number of benzene rings is 1. The largest absolute Gasteiger partial charge is 0.383 e. The van der Waals surface area contributed by atoms with Crippen LogP contribution in [-0.2, 0) is 23.9 Å². The van der Waals surface area contributed by atoms with E-state index in [-0.39, 0.29) is 5.56 Å². The number of rotatable bonds is 4. The summed E-state index contributed by atoms with van der Waals surface area (Å²) in [6.07, 6.45) is 1.50. The van der Waals surface area contributed by atoms with Gasteiger partial charge >= 0.3 is 0 Å². The first-order valence-corrected chi connectivity index (χ1v) is 9.85. The number of aliphatic hydroxyl groups excluding tert-OH is 1. The maximum absolute atomic E-state index is 13.4. The highest BCUT2D eigenvalue weighted by atomic mass is 16.6. The maximum atomic E-state index is 13.4. The minimum Gasteiger partial charge on any atom is -0.383 e. The minimum absolute atomic E-state index is 0.175. The smallest absolute Gasteiger partial charge is 0.265 e. The van der Waals surface area contributed by atoms with Gasteiger partial charge in [0.2, 0.25) is 17.1 Å². The zero-order valence-corrected chi connectivity index (χ0v) is 16.9. The van der Waals surface area contributed by atoms with E-state index in [1.165, 1.54) is 25.1 Å². The predicted octanol–water partition coefficient (Wildman–Crippen LogP) is 0.581. The molecule has 0 saturated carbocycles. The highest BCUT2D eigenvalue weighted by Crippen LogP contribution is 2.53. The van der Waals surface area contributed by atoms with E-state index in [9.17, 15) is 24.3 Å². The fourth-order valence-corrected chi connectivity index (χ4v) is 5.01. The number of hydrogen-bond acceptors (Lipinski definition) is 7. The van der Waals surface area contributed by atoms with Crippen LogP contribution in [0.4, 0.5) is 0 Å². The Balaban J connectivity index is 1.82. The van der Waals surface area contributed by atoms with Crippen molar-refractivity contribution in [3.8, 4) is 0 Å². The molecule has 0 bridgehead atoms. The number of ketones is 3. The lowest BCUT2D eigenvalue weighted by atomic mass is 9.75. The molecule has 3 aliphatic rings. The summed E-state index contributed by atoms with van der Waals surface area (Å²) in [5, 5.41) is 13.6. The molecule has 8 heteroatoms. The summed E-state index contributed by atoms with van der Waals surface area (Å²) in [4.78, 5) is 52.5. The van der Waals surface area contributed by atoms with Gasteiger partial charge in [0, 0.05) is 18.6 Å². The Kier molecular flexibility index (Phi) is 4.57. The van der Waals surface area contributed by atoms with Gasteiger partial charge in [-0.2, -0.15) is 0 Å². The number of nitrogens with one attached hydrogen (secondary N) is 1. The lowest BCUT2D eigenvalue weighted by molar-refractivity contribution is -0.189. The first-order chi connectivity index (χ1) is 14.2. The molecule has 0 unspecified atom stereocenters. The Morgan fingerprint density at radius 2 is 1.90 bits per heavy atom. The molecule has 2 aliphatic heterocycles. The topological polar surface area (TPSA) is 119 Å². The summed E-state index contributed by atoms with van der Waals surface area (Å²) in [7, 11) is 1.15. The van der Waals surface area contributed by atoms with Crippen LogP contribution in [0.2, 0.25) is 0 Å². The molecule has 1 aliphatic carbocycles. The predicted molar refractivity (Wildman–Crippen MR) is 103 cm³/mol. The van der Waals surface area contributed by atoms with Gasteiger partial charge in [0.25, 0.3) is 5.91 Å². The first-order valence-electron chi connectivity index (χ1n) is 9.85. The number of carbonyl (C=O) groups excluding carboxylic acids is 4. The Bertz CT molecular complexity index is 973. The SMILES string of the molecule is CC[C@H]1C=CC(=O)[C@]12O[C@]1(C(=O)N[C@](OC)(C(=O)c3ccccc3)[C@H]1O)C(=O)[C@H]2C. The molecule has 2 spiro atoms. The van der Waals surface area contributed by atoms with Crippen LogP contribution in [0.5, 0.6) is 0 Å². The number of ether oxygens (including phenoxy) is 2. The number of carbonyl (C=O) groups is 4. The number of methoxy groups -OCH3 is 1. The van der Waals surface area contributed by atoms with Crippen molar-refractivity contribution in [1.29, 1.82) is 0 Å². The zero-order chi connectivity index (χ0) is 21.9. The van der Waals surface area contributed by atoms with Gasteiger partial charge in [0.15, 0.2) is 17.7 Å². The molecular formula is C22H23NO7. The molecule has 2 fully saturated rings. The Morgan fingerprint density at radius 3 is 2.50 bits per heavy atom. The van der Waals surface area contributed by atoms with Crippen LogP contribution in [0.1, 0.15) is 30.6 Å². The van der Waals surface area contributed by atoms with E-state index in [4.69, 9.17) is 9.47 Å². The van der Waals surface area contributed by atoms with Crippen molar-refractivity contribution in [2.24, 2.45) is 11.8 Å². The molecule has 0 aromatic heterocycles. The van der Waals surface area contributed by atoms with Crippen LogP contribution in [0, 0.1) is 11.8 Å². The molecule has 158 valence electrons. The third kappa shape index (κ3) is 2.21. The quantitative estimate of drug-likeness (QED) is 0.547. The second kappa shape index (κ2) is 6.66. The monoisotopic (exact) mass is 413 g/mol. The normalized spacial score (nSPS) is 40.0. The first kappa shape index (κ1) is 20.6. The molecule has 1 aromatic rings. The van der Waals surface area contributed by atoms with Gasteiger partial charge in [-0.25, -0.2) is 0 Å². The summed E-state index contributed by atoms with van der Waals surface area (Å²) in [5.74, 6) is -4.34. The van der Waals surface area contributed by atoms with Gasteiger partial charge in [0.05, 0.1) is 5.92 Å². The van der Waals surface area contributed by atoms with Crippen LogP contribution in [-0.4, -0.2) is 58.5 Å². The summed E-state index contributed by atoms with van der Waals surface area (Å²) in [6, 6.07) is 7.97. The van der Waals surface area contributed by atoms with Crippen molar-refractivity contribution < 1.29 is 33.8 Å². The van der Waals surface area contributed by atoms with Crippen molar-refractivity contribution in [1.82, 2.24) is 5.32 Å².